The molecule has 0 radical (unpaired) electrons. The maximum Gasteiger partial charge on any atom is 0.303 e. The predicted molar refractivity (Wildman–Crippen MR) is 73.1 cm³/mol. The number of carboxylic acids is 1. The van der Waals surface area contributed by atoms with E-state index >= 15 is 0 Å². The molecule has 0 aromatic rings. The summed E-state index contributed by atoms with van der Waals surface area (Å²) in [6, 6.07) is 0. The molecule has 17 heavy (non-hydrogen) atoms. The van der Waals surface area contributed by atoms with E-state index in [0.29, 0.717) is 6.42 Å². The largest absolute Gasteiger partial charge is 0.481 e. The smallest absolute Gasteiger partial charge is 0.303 e. The molecule has 98 valence electrons. The topological polar surface area (TPSA) is 37.3 Å². The summed E-state index contributed by atoms with van der Waals surface area (Å²) >= 11 is 0. The van der Waals surface area contributed by atoms with Gasteiger partial charge in [0.05, 0.1) is 0 Å². The van der Waals surface area contributed by atoms with Gasteiger partial charge in [0.2, 0.25) is 0 Å². The zero-order valence-electron chi connectivity index (χ0n) is 11.0. The van der Waals surface area contributed by atoms with Crippen molar-refractivity contribution in [1.29, 1.82) is 0 Å². The Hall–Kier alpha value is -1.05. The first-order valence-electron chi connectivity index (χ1n) is 6.80. The van der Waals surface area contributed by atoms with E-state index in [4.69, 9.17) is 5.11 Å². The fraction of sp³-hybridized carbons (Fsp3) is 0.667. The molecule has 0 bridgehead atoms. The number of hydrogen-bond donors (Lipinski definition) is 1. The molecule has 0 rings (SSSR count). The van der Waals surface area contributed by atoms with Crippen molar-refractivity contribution in [2.24, 2.45) is 0 Å². The Bertz CT molecular complexity index is 229. The molecular formula is C15H26O2. The van der Waals surface area contributed by atoms with Gasteiger partial charge in [-0.15, -0.1) is 0 Å². The number of carboxylic acid groups (broad SMARTS) is 1. The molecule has 0 aliphatic carbocycles. The summed E-state index contributed by atoms with van der Waals surface area (Å²) in [5, 5.41) is 8.42. The zero-order chi connectivity index (χ0) is 12.8. The van der Waals surface area contributed by atoms with E-state index in [-0.39, 0.29) is 6.42 Å². The summed E-state index contributed by atoms with van der Waals surface area (Å²) in [4.78, 5) is 10.2. The van der Waals surface area contributed by atoms with Gasteiger partial charge in [0.15, 0.2) is 0 Å². The number of allylic oxidation sites excluding steroid dienone is 4. The third-order valence-corrected chi connectivity index (χ3v) is 2.63. The Kier molecular flexibility index (Phi) is 12.2. The van der Waals surface area contributed by atoms with Crippen LogP contribution < -0.4 is 0 Å². The lowest BCUT2D eigenvalue weighted by molar-refractivity contribution is -0.136. The summed E-state index contributed by atoms with van der Waals surface area (Å²) in [7, 11) is 0. The molecule has 0 aromatic carbocycles. The van der Waals surface area contributed by atoms with Crippen LogP contribution >= 0.6 is 0 Å². The van der Waals surface area contributed by atoms with Crippen LogP contribution in [0.15, 0.2) is 24.3 Å². The van der Waals surface area contributed by atoms with E-state index in [0.717, 1.165) is 6.42 Å². The van der Waals surface area contributed by atoms with Crippen molar-refractivity contribution < 1.29 is 9.90 Å². The second-order valence-corrected chi connectivity index (χ2v) is 4.35. The van der Waals surface area contributed by atoms with Crippen LogP contribution in [-0.4, -0.2) is 11.1 Å². The fourth-order valence-corrected chi connectivity index (χ4v) is 1.60. The first-order chi connectivity index (χ1) is 8.27. The van der Waals surface area contributed by atoms with Gasteiger partial charge < -0.3 is 5.11 Å². The lowest BCUT2D eigenvalue weighted by Gasteiger charge is -1.97. The standard InChI is InChI=1S/C15H26O2/c1-2-3-4-5-6-7-8-9-10-11-12-13-14-15(16)17/h9-12H,2-8,13-14H2,1H3,(H,16,17). The molecular weight excluding hydrogens is 212 g/mol. The molecule has 0 spiro atoms. The highest BCUT2D eigenvalue weighted by atomic mass is 16.4. The lowest BCUT2D eigenvalue weighted by Crippen LogP contribution is -1.91. The molecule has 1 N–H and O–H groups in total. The van der Waals surface area contributed by atoms with Crippen LogP contribution in [0.2, 0.25) is 0 Å². The average molecular weight is 238 g/mol. The van der Waals surface area contributed by atoms with E-state index in [9.17, 15) is 4.79 Å². The van der Waals surface area contributed by atoms with Crippen molar-refractivity contribution in [2.75, 3.05) is 0 Å². The number of carbonyl (C=O) groups is 1. The Labute approximate surface area is 105 Å². The summed E-state index contributed by atoms with van der Waals surface area (Å²) in [6.45, 7) is 2.24. The number of rotatable bonds is 11. The van der Waals surface area contributed by atoms with Crippen molar-refractivity contribution in [3.63, 3.8) is 0 Å². The second-order valence-electron chi connectivity index (χ2n) is 4.35. The molecule has 2 nitrogen and oxygen atoms in total. The molecule has 0 saturated heterocycles. The minimum Gasteiger partial charge on any atom is -0.481 e. The predicted octanol–water partition coefficient (Wildman–Crippen LogP) is 4.71. The van der Waals surface area contributed by atoms with Crippen LogP contribution in [0.1, 0.15) is 64.7 Å². The highest BCUT2D eigenvalue weighted by Crippen LogP contribution is 2.07. The summed E-state index contributed by atoms with van der Waals surface area (Å²) in [5.41, 5.74) is 0. The number of hydrogen-bond acceptors (Lipinski definition) is 1. The third-order valence-electron chi connectivity index (χ3n) is 2.63. The van der Waals surface area contributed by atoms with Gasteiger partial charge in [0, 0.05) is 6.42 Å². The molecule has 0 fully saturated rings. The van der Waals surface area contributed by atoms with Gasteiger partial charge in [-0.3, -0.25) is 4.79 Å². The van der Waals surface area contributed by atoms with Crippen molar-refractivity contribution in [3.8, 4) is 0 Å². The van der Waals surface area contributed by atoms with Gasteiger partial charge in [0.1, 0.15) is 0 Å². The highest BCUT2D eigenvalue weighted by Gasteiger charge is 1.90. The van der Waals surface area contributed by atoms with Crippen LogP contribution in [-0.2, 0) is 4.79 Å². The zero-order valence-corrected chi connectivity index (χ0v) is 11.0. The maximum atomic E-state index is 10.2. The molecule has 0 heterocycles. The maximum absolute atomic E-state index is 10.2. The second kappa shape index (κ2) is 13.0. The Morgan fingerprint density at radius 1 is 0.941 bits per heavy atom. The van der Waals surface area contributed by atoms with Crippen LogP contribution in [0.3, 0.4) is 0 Å². The fourth-order valence-electron chi connectivity index (χ4n) is 1.60. The summed E-state index contributed by atoms with van der Waals surface area (Å²) in [5.74, 6) is -0.731. The minimum absolute atomic E-state index is 0.224. The monoisotopic (exact) mass is 238 g/mol. The van der Waals surface area contributed by atoms with Crippen molar-refractivity contribution in [3.05, 3.63) is 24.3 Å². The Morgan fingerprint density at radius 2 is 1.53 bits per heavy atom. The van der Waals surface area contributed by atoms with Crippen molar-refractivity contribution >= 4 is 5.97 Å². The van der Waals surface area contributed by atoms with E-state index in [1.165, 1.54) is 38.5 Å². The van der Waals surface area contributed by atoms with E-state index in [1.807, 2.05) is 18.2 Å². The van der Waals surface area contributed by atoms with Crippen LogP contribution in [0, 0.1) is 0 Å². The van der Waals surface area contributed by atoms with Crippen LogP contribution in [0.25, 0.3) is 0 Å². The number of aliphatic carboxylic acids is 1. The van der Waals surface area contributed by atoms with Gasteiger partial charge >= 0.3 is 5.97 Å². The van der Waals surface area contributed by atoms with Crippen molar-refractivity contribution in [1.82, 2.24) is 0 Å². The first-order valence-corrected chi connectivity index (χ1v) is 6.80. The molecule has 0 aliphatic heterocycles. The summed E-state index contributed by atoms with van der Waals surface area (Å²) < 4.78 is 0. The molecule has 0 unspecified atom stereocenters. The average Bonchev–Trinajstić information content (AvgIpc) is 2.30. The molecule has 0 aromatic heterocycles. The van der Waals surface area contributed by atoms with Gasteiger partial charge in [-0.1, -0.05) is 63.3 Å². The van der Waals surface area contributed by atoms with Gasteiger partial charge in [0.25, 0.3) is 0 Å². The molecule has 0 aliphatic rings. The van der Waals surface area contributed by atoms with Crippen molar-refractivity contribution in [2.45, 2.75) is 64.7 Å². The van der Waals surface area contributed by atoms with Crippen LogP contribution in [0.5, 0.6) is 0 Å². The number of unbranched alkanes of at least 4 members (excludes halogenated alkanes) is 6. The van der Waals surface area contributed by atoms with Gasteiger partial charge in [-0.2, -0.15) is 0 Å². The quantitative estimate of drug-likeness (QED) is 0.418. The first kappa shape index (κ1) is 16.0. The SMILES string of the molecule is CCCCCCCCC=CC=CCCC(=O)O. The lowest BCUT2D eigenvalue weighted by atomic mass is 10.1. The Morgan fingerprint density at radius 3 is 2.18 bits per heavy atom. The minimum atomic E-state index is -0.731. The highest BCUT2D eigenvalue weighted by molar-refractivity contribution is 5.66. The Balaban J connectivity index is 3.22. The van der Waals surface area contributed by atoms with Crippen LogP contribution in [0.4, 0.5) is 0 Å². The van der Waals surface area contributed by atoms with E-state index < -0.39 is 5.97 Å². The third kappa shape index (κ3) is 14.9. The molecule has 0 atom stereocenters. The van der Waals surface area contributed by atoms with E-state index in [2.05, 4.69) is 13.0 Å². The normalized spacial score (nSPS) is 11.6. The van der Waals surface area contributed by atoms with E-state index in [1.54, 1.807) is 0 Å². The molecule has 2 heteroatoms. The molecule has 0 amide bonds. The molecule has 0 saturated carbocycles. The van der Waals surface area contributed by atoms with Gasteiger partial charge in [-0.25, -0.2) is 0 Å². The van der Waals surface area contributed by atoms with Gasteiger partial charge in [-0.05, 0) is 19.3 Å². The summed E-state index contributed by atoms with van der Waals surface area (Å²) in [6.07, 6.45) is 18.0.